The highest BCUT2D eigenvalue weighted by Crippen LogP contribution is 2.33. The van der Waals surface area contributed by atoms with Gasteiger partial charge in [0.25, 0.3) is 0 Å². The van der Waals surface area contributed by atoms with Crippen LogP contribution in [0.25, 0.3) is 21.6 Å². The Hall–Kier alpha value is -1.05. The molecule has 0 spiro atoms. The van der Waals surface area contributed by atoms with Crippen molar-refractivity contribution in [1.29, 1.82) is 0 Å². The number of rotatable bonds is 4. The van der Waals surface area contributed by atoms with Crippen LogP contribution < -0.4 is 5.32 Å². The fourth-order valence-corrected chi connectivity index (χ4v) is 3.84. The van der Waals surface area contributed by atoms with Crippen LogP contribution in [0.5, 0.6) is 0 Å². The molecule has 0 unspecified atom stereocenters. The van der Waals surface area contributed by atoms with E-state index in [0.29, 0.717) is 5.82 Å². The summed E-state index contributed by atoms with van der Waals surface area (Å²) in [6.45, 7) is 3.00. The number of nitrogens with one attached hydrogen (secondary N) is 1. The highest BCUT2D eigenvalue weighted by Gasteiger charge is 2.13. The molecular weight excluding hydrogens is 416 g/mol. The first-order valence-corrected chi connectivity index (χ1v) is 8.95. The van der Waals surface area contributed by atoms with Crippen molar-refractivity contribution in [1.82, 2.24) is 15.0 Å². The van der Waals surface area contributed by atoms with Gasteiger partial charge >= 0.3 is 0 Å². The quantitative estimate of drug-likeness (QED) is 0.629. The van der Waals surface area contributed by atoms with E-state index in [1.165, 1.54) is 11.3 Å². The second kappa shape index (κ2) is 6.37. The summed E-state index contributed by atoms with van der Waals surface area (Å²) in [5, 5.41) is 4.38. The molecule has 0 atom stereocenters. The Morgan fingerprint density at radius 3 is 2.81 bits per heavy atom. The average molecular weight is 428 g/mol. The highest BCUT2D eigenvalue weighted by molar-refractivity contribution is 9.11. The SMILES string of the molecule is CCCNc1nc(-c2cncs2)nc2c(Br)cc(Br)cc12. The lowest BCUT2D eigenvalue weighted by Crippen LogP contribution is -2.04. The normalized spacial score (nSPS) is 11.0. The molecule has 0 bridgehead atoms. The van der Waals surface area contributed by atoms with Crippen molar-refractivity contribution in [2.45, 2.75) is 13.3 Å². The fraction of sp³-hybridized carbons (Fsp3) is 0.214. The van der Waals surface area contributed by atoms with Crippen molar-refractivity contribution in [2.24, 2.45) is 0 Å². The Morgan fingerprint density at radius 2 is 2.10 bits per heavy atom. The molecule has 0 saturated carbocycles. The molecule has 0 radical (unpaired) electrons. The molecule has 0 saturated heterocycles. The first-order chi connectivity index (χ1) is 10.2. The number of halogens is 2. The average Bonchev–Trinajstić information content (AvgIpc) is 2.99. The van der Waals surface area contributed by atoms with Gasteiger partial charge < -0.3 is 5.32 Å². The van der Waals surface area contributed by atoms with E-state index in [4.69, 9.17) is 0 Å². The topological polar surface area (TPSA) is 50.7 Å². The van der Waals surface area contributed by atoms with Gasteiger partial charge in [0.15, 0.2) is 5.82 Å². The molecule has 0 aliphatic carbocycles. The van der Waals surface area contributed by atoms with E-state index in [1.54, 1.807) is 11.7 Å². The summed E-state index contributed by atoms with van der Waals surface area (Å²) in [5.74, 6) is 1.55. The van der Waals surface area contributed by atoms with Crippen LogP contribution in [0.4, 0.5) is 5.82 Å². The molecule has 0 aliphatic rings. The van der Waals surface area contributed by atoms with Crippen LogP contribution in [0.3, 0.4) is 0 Å². The third-order valence-electron chi connectivity index (χ3n) is 2.91. The number of hydrogen-bond acceptors (Lipinski definition) is 5. The van der Waals surface area contributed by atoms with Crippen molar-refractivity contribution in [2.75, 3.05) is 11.9 Å². The minimum Gasteiger partial charge on any atom is -0.369 e. The number of nitrogens with zero attached hydrogens (tertiary/aromatic N) is 3. The minimum absolute atomic E-state index is 0.701. The zero-order valence-electron chi connectivity index (χ0n) is 11.2. The van der Waals surface area contributed by atoms with Crippen molar-refractivity contribution in [3.05, 3.63) is 32.8 Å². The summed E-state index contributed by atoms with van der Waals surface area (Å²) in [6.07, 6.45) is 2.83. The maximum absolute atomic E-state index is 4.68. The summed E-state index contributed by atoms with van der Waals surface area (Å²) in [4.78, 5) is 14.4. The fourth-order valence-electron chi connectivity index (χ4n) is 1.97. The van der Waals surface area contributed by atoms with Gasteiger partial charge in [-0.15, -0.1) is 11.3 Å². The van der Waals surface area contributed by atoms with Crippen molar-refractivity contribution in [3.8, 4) is 10.7 Å². The van der Waals surface area contributed by atoms with E-state index in [1.807, 2.05) is 12.1 Å². The van der Waals surface area contributed by atoms with E-state index in [9.17, 15) is 0 Å². The largest absolute Gasteiger partial charge is 0.369 e. The Labute approximate surface area is 143 Å². The Bertz CT molecular complexity index is 774. The molecule has 7 heteroatoms. The second-order valence-electron chi connectivity index (χ2n) is 4.47. The van der Waals surface area contributed by atoms with E-state index in [2.05, 4.69) is 59.1 Å². The number of thiazole rings is 1. The predicted molar refractivity (Wildman–Crippen MR) is 94.8 cm³/mol. The number of benzene rings is 1. The van der Waals surface area contributed by atoms with E-state index in [0.717, 1.165) is 43.5 Å². The van der Waals surface area contributed by atoms with E-state index >= 15 is 0 Å². The third kappa shape index (κ3) is 3.09. The number of fused-ring (bicyclic) bond motifs is 1. The summed E-state index contributed by atoms with van der Waals surface area (Å²) in [5.41, 5.74) is 2.69. The monoisotopic (exact) mass is 426 g/mol. The standard InChI is InChI=1S/C14H12Br2N4S/c1-2-3-18-13-9-4-8(15)5-10(16)12(9)19-14(20-13)11-6-17-7-21-11/h4-7H,2-3H2,1H3,(H,18,19,20). The number of anilines is 1. The number of aromatic nitrogens is 3. The molecule has 3 rings (SSSR count). The molecule has 1 aromatic carbocycles. The van der Waals surface area contributed by atoms with E-state index in [-0.39, 0.29) is 0 Å². The van der Waals surface area contributed by atoms with Crippen LogP contribution in [0.2, 0.25) is 0 Å². The number of hydrogen-bond donors (Lipinski definition) is 1. The summed E-state index contributed by atoms with van der Waals surface area (Å²) >= 11 is 8.65. The molecule has 0 amide bonds. The lowest BCUT2D eigenvalue weighted by molar-refractivity contribution is 0.970. The first kappa shape index (κ1) is 14.9. The van der Waals surface area contributed by atoms with Gasteiger partial charge in [-0.2, -0.15) is 0 Å². The van der Waals surface area contributed by atoms with Crippen LogP contribution in [-0.4, -0.2) is 21.5 Å². The molecule has 1 N–H and O–H groups in total. The van der Waals surface area contributed by atoms with Crippen LogP contribution in [0, 0.1) is 0 Å². The lowest BCUT2D eigenvalue weighted by Gasteiger charge is -2.11. The predicted octanol–water partition coefficient (Wildman–Crippen LogP) is 5.10. The van der Waals surface area contributed by atoms with Crippen molar-refractivity contribution in [3.63, 3.8) is 0 Å². The maximum atomic E-state index is 4.68. The van der Waals surface area contributed by atoms with Crippen LogP contribution in [0.15, 0.2) is 32.8 Å². The summed E-state index contributed by atoms with van der Waals surface area (Å²) in [7, 11) is 0. The van der Waals surface area contributed by atoms with Crippen LogP contribution >= 0.6 is 43.2 Å². The molecule has 4 nitrogen and oxygen atoms in total. The molecule has 2 heterocycles. The lowest BCUT2D eigenvalue weighted by atomic mass is 10.2. The van der Waals surface area contributed by atoms with Crippen LogP contribution in [-0.2, 0) is 0 Å². The van der Waals surface area contributed by atoms with Gasteiger partial charge in [0.05, 0.1) is 15.9 Å². The van der Waals surface area contributed by atoms with Gasteiger partial charge in [0, 0.05) is 27.1 Å². The smallest absolute Gasteiger partial charge is 0.173 e. The van der Waals surface area contributed by atoms with Crippen molar-refractivity contribution >= 4 is 59.9 Å². The molecule has 3 aromatic rings. The molecule has 21 heavy (non-hydrogen) atoms. The van der Waals surface area contributed by atoms with Gasteiger partial charge in [-0.25, -0.2) is 9.97 Å². The maximum Gasteiger partial charge on any atom is 0.173 e. The summed E-state index contributed by atoms with van der Waals surface area (Å²) < 4.78 is 1.94. The molecular formula is C14H12Br2N4S. The minimum atomic E-state index is 0.701. The summed E-state index contributed by atoms with van der Waals surface area (Å²) in [6, 6.07) is 4.03. The molecule has 0 fully saturated rings. The van der Waals surface area contributed by atoms with Crippen molar-refractivity contribution < 1.29 is 0 Å². The zero-order chi connectivity index (χ0) is 14.8. The van der Waals surface area contributed by atoms with E-state index < -0.39 is 0 Å². The molecule has 2 aromatic heterocycles. The first-order valence-electron chi connectivity index (χ1n) is 6.48. The van der Waals surface area contributed by atoms with Gasteiger partial charge in [-0.3, -0.25) is 4.98 Å². The van der Waals surface area contributed by atoms with Gasteiger partial charge in [-0.1, -0.05) is 22.9 Å². The molecule has 108 valence electrons. The second-order valence-corrected chi connectivity index (χ2v) is 7.13. The Balaban J connectivity index is 2.24. The van der Waals surface area contributed by atoms with Gasteiger partial charge in [-0.05, 0) is 34.5 Å². The van der Waals surface area contributed by atoms with Crippen LogP contribution in [0.1, 0.15) is 13.3 Å². The molecule has 0 aliphatic heterocycles. The zero-order valence-corrected chi connectivity index (χ0v) is 15.2. The Kier molecular flexibility index (Phi) is 4.51. The van der Waals surface area contributed by atoms with Gasteiger partial charge in [0.1, 0.15) is 5.82 Å². The third-order valence-corrected chi connectivity index (χ3v) is 4.75. The Morgan fingerprint density at radius 1 is 1.24 bits per heavy atom. The van der Waals surface area contributed by atoms with Gasteiger partial charge in [0.2, 0.25) is 0 Å². The highest BCUT2D eigenvalue weighted by atomic mass is 79.9.